The van der Waals surface area contributed by atoms with Crippen LogP contribution in [-0.4, -0.2) is 36.0 Å². The molecule has 1 amide bonds. The highest BCUT2D eigenvalue weighted by molar-refractivity contribution is 6.32. The monoisotopic (exact) mass is 374 g/mol. The predicted molar refractivity (Wildman–Crippen MR) is 101 cm³/mol. The minimum atomic E-state index is -0.764. The maximum absolute atomic E-state index is 12.6. The molecule has 4 nitrogen and oxygen atoms in total. The van der Waals surface area contributed by atoms with E-state index in [1.807, 2.05) is 36.1 Å². The molecular weight excluding hydrogens is 347 g/mol. The van der Waals surface area contributed by atoms with Crippen LogP contribution < -0.4 is 10.5 Å². The Balaban J connectivity index is 0.00000288. The quantitative estimate of drug-likeness (QED) is 0.821. The summed E-state index contributed by atoms with van der Waals surface area (Å²) < 4.78 is 5.84. The Labute approximate surface area is 156 Å². The first-order valence-corrected chi connectivity index (χ1v) is 8.77. The molecule has 0 radical (unpaired) electrons. The van der Waals surface area contributed by atoms with Gasteiger partial charge in [0.15, 0.2) is 0 Å². The molecule has 2 unspecified atom stereocenters. The molecule has 1 aromatic rings. The molecule has 1 fully saturated rings. The number of hydrogen-bond donors (Lipinski definition) is 1. The molecule has 2 atom stereocenters. The summed E-state index contributed by atoms with van der Waals surface area (Å²) >= 11 is 6.11. The van der Waals surface area contributed by atoms with Gasteiger partial charge in [-0.3, -0.25) is 4.79 Å². The number of piperidine rings is 1. The smallest absolute Gasteiger partial charge is 0.242 e. The minimum Gasteiger partial charge on any atom is -0.492 e. The summed E-state index contributed by atoms with van der Waals surface area (Å²) in [4.78, 5) is 14.5. The molecule has 1 aliphatic rings. The van der Waals surface area contributed by atoms with Crippen molar-refractivity contribution in [1.29, 1.82) is 0 Å². The van der Waals surface area contributed by atoms with E-state index in [-0.39, 0.29) is 18.3 Å². The van der Waals surface area contributed by atoms with Crippen molar-refractivity contribution in [3.05, 3.63) is 29.3 Å². The molecule has 2 rings (SSSR count). The third kappa shape index (κ3) is 5.54. The Morgan fingerprint density at radius 2 is 2.17 bits per heavy atom. The molecule has 2 N–H and O–H groups in total. The Morgan fingerprint density at radius 3 is 2.83 bits per heavy atom. The fourth-order valence-corrected chi connectivity index (χ4v) is 3.33. The zero-order valence-electron chi connectivity index (χ0n) is 14.5. The summed E-state index contributed by atoms with van der Waals surface area (Å²) in [7, 11) is 0. The van der Waals surface area contributed by atoms with E-state index in [4.69, 9.17) is 22.1 Å². The molecule has 1 aliphatic heterocycles. The second kappa shape index (κ2) is 9.50. The van der Waals surface area contributed by atoms with E-state index < -0.39 is 5.54 Å². The number of nitrogens with zero attached hydrogens (tertiary/aromatic N) is 1. The summed E-state index contributed by atoms with van der Waals surface area (Å²) in [5.74, 6) is 1.08. The number of carbonyl (C=O) groups excluding carboxylic acids is 1. The predicted octanol–water partition coefficient (Wildman–Crippen LogP) is 3.90. The van der Waals surface area contributed by atoms with Crippen molar-refractivity contribution in [3.63, 3.8) is 0 Å². The minimum absolute atomic E-state index is 0. The molecular formula is C18H28Cl2N2O2. The lowest BCUT2D eigenvalue weighted by Crippen LogP contribution is -2.55. The van der Waals surface area contributed by atoms with E-state index in [0.717, 1.165) is 25.8 Å². The number of carbonyl (C=O) groups is 1. The van der Waals surface area contributed by atoms with Crippen molar-refractivity contribution in [2.75, 3.05) is 19.7 Å². The van der Waals surface area contributed by atoms with Crippen LogP contribution in [0.1, 0.15) is 39.5 Å². The van der Waals surface area contributed by atoms with Gasteiger partial charge in [-0.25, -0.2) is 0 Å². The number of para-hydroxylation sites is 1. The van der Waals surface area contributed by atoms with E-state index >= 15 is 0 Å². The lowest BCUT2D eigenvalue weighted by Gasteiger charge is -2.37. The average Bonchev–Trinajstić information content (AvgIpc) is 2.53. The molecule has 6 heteroatoms. The SMILES string of the molecule is CCCC(C)(N)C(=O)N1CCCC(COc2ccccc2Cl)C1.Cl. The number of likely N-dealkylation sites (tertiary alicyclic amines) is 1. The Kier molecular flexibility index (Phi) is 8.34. The van der Waals surface area contributed by atoms with E-state index in [1.165, 1.54) is 0 Å². The fourth-order valence-electron chi connectivity index (χ4n) is 3.14. The van der Waals surface area contributed by atoms with Gasteiger partial charge in [-0.15, -0.1) is 12.4 Å². The van der Waals surface area contributed by atoms with Crippen molar-refractivity contribution in [2.45, 2.75) is 45.1 Å². The molecule has 0 aliphatic carbocycles. The summed E-state index contributed by atoms with van der Waals surface area (Å²) in [6, 6.07) is 7.47. The van der Waals surface area contributed by atoms with Gasteiger partial charge in [-0.2, -0.15) is 0 Å². The first-order chi connectivity index (χ1) is 10.9. The van der Waals surface area contributed by atoms with Crippen LogP contribution in [0.4, 0.5) is 0 Å². The van der Waals surface area contributed by atoms with Gasteiger partial charge in [0.25, 0.3) is 0 Å². The van der Waals surface area contributed by atoms with Crippen LogP contribution in [-0.2, 0) is 4.79 Å². The van der Waals surface area contributed by atoms with E-state index in [2.05, 4.69) is 6.92 Å². The standard InChI is InChI=1S/C18H27ClN2O2.ClH/c1-3-10-18(2,20)17(22)21-11-6-7-14(12-21)13-23-16-9-5-4-8-15(16)19;/h4-5,8-9,14H,3,6-7,10-13,20H2,1-2H3;1H. The highest BCUT2D eigenvalue weighted by atomic mass is 35.5. The average molecular weight is 375 g/mol. The van der Waals surface area contributed by atoms with Crippen LogP contribution in [0.3, 0.4) is 0 Å². The second-order valence-electron chi connectivity index (χ2n) is 6.67. The van der Waals surface area contributed by atoms with Gasteiger partial charge in [0, 0.05) is 19.0 Å². The van der Waals surface area contributed by atoms with Crippen molar-refractivity contribution < 1.29 is 9.53 Å². The number of hydrogen-bond acceptors (Lipinski definition) is 3. The number of ether oxygens (including phenoxy) is 1. The molecule has 1 saturated heterocycles. The number of benzene rings is 1. The molecule has 0 aromatic heterocycles. The summed E-state index contributed by atoms with van der Waals surface area (Å²) in [6.45, 7) is 5.96. The molecule has 0 saturated carbocycles. The van der Waals surface area contributed by atoms with Crippen LogP contribution in [0.25, 0.3) is 0 Å². The fraction of sp³-hybridized carbons (Fsp3) is 0.611. The third-order valence-corrected chi connectivity index (χ3v) is 4.69. The largest absolute Gasteiger partial charge is 0.492 e. The van der Waals surface area contributed by atoms with Gasteiger partial charge < -0.3 is 15.4 Å². The first-order valence-electron chi connectivity index (χ1n) is 8.39. The molecule has 1 aromatic carbocycles. The lowest BCUT2D eigenvalue weighted by molar-refractivity contribution is -0.138. The van der Waals surface area contributed by atoms with Gasteiger partial charge in [-0.1, -0.05) is 37.1 Å². The maximum atomic E-state index is 12.6. The molecule has 136 valence electrons. The zero-order chi connectivity index (χ0) is 16.9. The van der Waals surface area contributed by atoms with E-state index in [0.29, 0.717) is 36.3 Å². The van der Waals surface area contributed by atoms with Crippen molar-refractivity contribution >= 4 is 29.9 Å². The summed E-state index contributed by atoms with van der Waals surface area (Å²) in [5.41, 5.74) is 5.43. The van der Waals surface area contributed by atoms with Crippen LogP contribution in [0.5, 0.6) is 5.75 Å². The normalized spacial score (nSPS) is 20.0. The van der Waals surface area contributed by atoms with Crippen molar-refractivity contribution in [2.24, 2.45) is 11.7 Å². The number of rotatable bonds is 6. The topological polar surface area (TPSA) is 55.6 Å². The second-order valence-corrected chi connectivity index (χ2v) is 7.08. The van der Waals surface area contributed by atoms with Crippen LogP contribution in [0.2, 0.25) is 5.02 Å². The highest BCUT2D eigenvalue weighted by Gasteiger charge is 2.34. The zero-order valence-corrected chi connectivity index (χ0v) is 16.0. The van der Waals surface area contributed by atoms with Gasteiger partial charge in [0.1, 0.15) is 5.75 Å². The molecule has 0 spiro atoms. The van der Waals surface area contributed by atoms with Gasteiger partial charge in [0.2, 0.25) is 5.91 Å². The van der Waals surface area contributed by atoms with Crippen LogP contribution in [0.15, 0.2) is 24.3 Å². The Bertz CT molecular complexity index is 538. The van der Waals surface area contributed by atoms with Crippen LogP contribution >= 0.6 is 24.0 Å². The number of halogens is 2. The van der Waals surface area contributed by atoms with Crippen molar-refractivity contribution in [1.82, 2.24) is 4.90 Å². The highest BCUT2D eigenvalue weighted by Crippen LogP contribution is 2.26. The van der Waals surface area contributed by atoms with Gasteiger partial charge >= 0.3 is 0 Å². The van der Waals surface area contributed by atoms with E-state index in [1.54, 1.807) is 0 Å². The summed E-state index contributed by atoms with van der Waals surface area (Å²) in [5, 5.41) is 0.619. The maximum Gasteiger partial charge on any atom is 0.242 e. The Hall–Kier alpha value is -0.970. The molecule has 1 heterocycles. The van der Waals surface area contributed by atoms with Gasteiger partial charge in [0.05, 0.1) is 17.2 Å². The lowest BCUT2D eigenvalue weighted by atomic mass is 9.92. The number of nitrogens with two attached hydrogens (primary N) is 1. The van der Waals surface area contributed by atoms with Gasteiger partial charge in [-0.05, 0) is 38.3 Å². The first kappa shape index (κ1) is 21.1. The summed E-state index contributed by atoms with van der Waals surface area (Å²) in [6.07, 6.45) is 3.67. The molecule has 0 bridgehead atoms. The molecule has 24 heavy (non-hydrogen) atoms. The third-order valence-electron chi connectivity index (χ3n) is 4.38. The Morgan fingerprint density at radius 1 is 1.46 bits per heavy atom. The van der Waals surface area contributed by atoms with Crippen LogP contribution in [0, 0.1) is 5.92 Å². The van der Waals surface area contributed by atoms with E-state index in [9.17, 15) is 4.79 Å². The van der Waals surface area contributed by atoms with Crippen molar-refractivity contribution in [3.8, 4) is 5.75 Å². The number of amides is 1.